The van der Waals surface area contributed by atoms with Crippen molar-refractivity contribution in [3.63, 3.8) is 0 Å². The molecule has 0 spiro atoms. The molecule has 1 aromatic heterocycles. The van der Waals surface area contributed by atoms with E-state index < -0.39 is 0 Å². The zero-order valence-electron chi connectivity index (χ0n) is 10.9. The van der Waals surface area contributed by atoms with Crippen molar-refractivity contribution in [2.24, 2.45) is 5.73 Å². The van der Waals surface area contributed by atoms with E-state index in [0.717, 1.165) is 24.8 Å². The lowest BCUT2D eigenvalue weighted by molar-refractivity contribution is 0.342. The molecule has 0 radical (unpaired) electrons. The number of hydrogen-bond acceptors (Lipinski definition) is 4. The van der Waals surface area contributed by atoms with Gasteiger partial charge in [-0.15, -0.1) is 0 Å². The maximum Gasteiger partial charge on any atom is 0.231 e. The molecule has 2 N–H and O–H groups in total. The zero-order valence-corrected chi connectivity index (χ0v) is 12.4. The summed E-state index contributed by atoms with van der Waals surface area (Å²) in [6, 6.07) is 5.54. The summed E-state index contributed by atoms with van der Waals surface area (Å²) in [4.78, 5) is 4.45. The van der Waals surface area contributed by atoms with Crippen LogP contribution in [0.4, 0.5) is 0 Å². The van der Waals surface area contributed by atoms with Gasteiger partial charge in [-0.3, -0.25) is 0 Å². The quantitative estimate of drug-likeness (QED) is 0.941. The second-order valence-electron chi connectivity index (χ2n) is 5.13. The molecule has 3 rings (SSSR count). The van der Waals surface area contributed by atoms with Gasteiger partial charge in [0.2, 0.25) is 5.89 Å². The van der Waals surface area contributed by atoms with Crippen LogP contribution in [-0.4, -0.2) is 16.2 Å². The number of nitrogens with zero attached hydrogens (tertiary/aromatic N) is 2. The lowest BCUT2D eigenvalue weighted by Crippen LogP contribution is -2.22. The van der Waals surface area contributed by atoms with Gasteiger partial charge < -0.3 is 10.3 Å². The molecule has 0 saturated heterocycles. The number of aromatic nitrogens is 2. The fourth-order valence-corrected chi connectivity index (χ4v) is 3.18. The van der Waals surface area contributed by atoms with Crippen molar-refractivity contribution in [1.29, 1.82) is 0 Å². The summed E-state index contributed by atoms with van der Waals surface area (Å²) < 4.78 is 5.34. The molecule has 2 atom stereocenters. The van der Waals surface area contributed by atoms with Crippen molar-refractivity contribution in [3.8, 4) is 0 Å². The number of halogens is 2. The SMILES string of the molecule is NC1CCCC1c1nc(Cc2c(Cl)cccc2Cl)no1. The lowest BCUT2D eigenvalue weighted by atomic mass is 10.1. The Balaban J connectivity index is 1.81. The molecule has 6 heteroatoms. The molecular weight excluding hydrogens is 297 g/mol. The number of hydrogen-bond donors (Lipinski definition) is 1. The van der Waals surface area contributed by atoms with Crippen LogP contribution in [0.5, 0.6) is 0 Å². The minimum absolute atomic E-state index is 0.118. The summed E-state index contributed by atoms with van der Waals surface area (Å²) in [5.41, 5.74) is 6.87. The Kier molecular flexibility index (Phi) is 3.96. The van der Waals surface area contributed by atoms with Crippen molar-refractivity contribution in [2.45, 2.75) is 37.6 Å². The molecule has 106 valence electrons. The van der Waals surface area contributed by atoms with Gasteiger partial charge in [0.1, 0.15) is 0 Å². The highest BCUT2D eigenvalue weighted by molar-refractivity contribution is 6.36. The molecule has 0 aliphatic heterocycles. The van der Waals surface area contributed by atoms with E-state index in [2.05, 4.69) is 10.1 Å². The Bertz CT molecular complexity index is 594. The molecule has 1 saturated carbocycles. The van der Waals surface area contributed by atoms with Gasteiger partial charge in [0.25, 0.3) is 0 Å². The maximum absolute atomic E-state index is 6.15. The monoisotopic (exact) mass is 311 g/mol. The first-order valence-corrected chi connectivity index (χ1v) is 7.41. The van der Waals surface area contributed by atoms with E-state index in [4.69, 9.17) is 33.5 Å². The van der Waals surface area contributed by atoms with Gasteiger partial charge in [0.15, 0.2) is 5.82 Å². The highest BCUT2D eigenvalue weighted by atomic mass is 35.5. The molecule has 0 bridgehead atoms. The van der Waals surface area contributed by atoms with Crippen LogP contribution in [0.1, 0.15) is 42.5 Å². The Hall–Kier alpha value is -1.10. The minimum atomic E-state index is 0.118. The third kappa shape index (κ3) is 2.68. The first-order valence-electron chi connectivity index (χ1n) is 6.66. The van der Waals surface area contributed by atoms with E-state index in [1.807, 2.05) is 6.07 Å². The van der Waals surface area contributed by atoms with Gasteiger partial charge in [-0.25, -0.2) is 0 Å². The van der Waals surface area contributed by atoms with Gasteiger partial charge in [-0.1, -0.05) is 40.8 Å². The molecule has 2 aromatic rings. The highest BCUT2D eigenvalue weighted by Gasteiger charge is 2.30. The molecule has 1 heterocycles. The van der Waals surface area contributed by atoms with Crippen LogP contribution in [-0.2, 0) is 6.42 Å². The smallest absolute Gasteiger partial charge is 0.231 e. The summed E-state index contributed by atoms with van der Waals surface area (Å²) >= 11 is 12.3. The van der Waals surface area contributed by atoms with Crippen LogP contribution >= 0.6 is 23.2 Å². The summed E-state index contributed by atoms with van der Waals surface area (Å²) in [6.45, 7) is 0. The first kappa shape index (κ1) is 13.9. The van der Waals surface area contributed by atoms with Crippen LogP contribution in [0.15, 0.2) is 22.7 Å². The minimum Gasteiger partial charge on any atom is -0.339 e. The Labute approximate surface area is 127 Å². The van der Waals surface area contributed by atoms with Crippen molar-refractivity contribution in [3.05, 3.63) is 45.5 Å². The van der Waals surface area contributed by atoms with Crippen molar-refractivity contribution < 1.29 is 4.52 Å². The Morgan fingerprint density at radius 2 is 2.00 bits per heavy atom. The normalized spacial score (nSPS) is 22.4. The summed E-state index contributed by atoms with van der Waals surface area (Å²) in [7, 11) is 0. The van der Waals surface area contributed by atoms with E-state index in [9.17, 15) is 0 Å². The number of nitrogens with two attached hydrogens (primary N) is 1. The van der Waals surface area contributed by atoms with E-state index in [1.165, 1.54) is 0 Å². The maximum atomic E-state index is 6.15. The average Bonchev–Trinajstić information content (AvgIpc) is 3.02. The van der Waals surface area contributed by atoms with Crippen LogP contribution < -0.4 is 5.73 Å². The van der Waals surface area contributed by atoms with E-state index in [1.54, 1.807) is 12.1 Å². The summed E-state index contributed by atoms with van der Waals surface area (Å²) in [5, 5.41) is 5.24. The molecule has 1 aromatic carbocycles. The second kappa shape index (κ2) is 5.72. The van der Waals surface area contributed by atoms with Crippen molar-refractivity contribution in [2.75, 3.05) is 0 Å². The molecule has 2 unspecified atom stereocenters. The molecular formula is C14H15Cl2N3O. The first-order chi connectivity index (χ1) is 9.65. The third-order valence-electron chi connectivity index (χ3n) is 3.77. The molecule has 1 aliphatic rings. The van der Waals surface area contributed by atoms with Crippen LogP contribution in [0.3, 0.4) is 0 Å². The Morgan fingerprint density at radius 1 is 1.25 bits per heavy atom. The predicted molar refractivity (Wildman–Crippen MR) is 78.1 cm³/mol. The van der Waals surface area contributed by atoms with Gasteiger partial charge in [-0.05, 0) is 30.5 Å². The van der Waals surface area contributed by atoms with Crippen LogP contribution in [0, 0.1) is 0 Å². The second-order valence-corrected chi connectivity index (χ2v) is 5.94. The molecule has 20 heavy (non-hydrogen) atoms. The van der Waals surface area contributed by atoms with Gasteiger partial charge in [0.05, 0.1) is 5.92 Å². The number of rotatable bonds is 3. The lowest BCUT2D eigenvalue weighted by Gasteiger charge is -2.08. The van der Waals surface area contributed by atoms with E-state index in [0.29, 0.717) is 28.2 Å². The average molecular weight is 312 g/mol. The van der Waals surface area contributed by atoms with Gasteiger partial charge in [-0.2, -0.15) is 4.98 Å². The number of benzene rings is 1. The van der Waals surface area contributed by atoms with E-state index >= 15 is 0 Å². The summed E-state index contributed by atoms with van der Waals surface area (Å²) in [5.74, 6) is 1.40. The molecule has 1 fully saturated rings. The highest BCUT2D eigenvalue weighted by Crippen LogP contribution is 2.33. The zero-order chi connectivity index (χ0) is 14.1. The fraction of sp³-hybridized carbons (Fsp3) is 0.429. The van der Waals surface area contributed by atoms with Crippen molar-refractivity contribution in [1.82, 2.24) is 10.1 Å². The summed E-state index contributed by atoms with van der Waals surface area (Å²) in [6.07, 6.45) is 3.60. The Morgan fingerprint density at radius 3 is 2.65 bits per heavy atom. The molecule has 4 nitrogen and oxygen atoms in total. The third-order valence-corrected chi connectivity index (χ3v) is 4.48. The van der Waals surface area contributed by atoms with E-state index in [-0.39, 0.29) is 12.0 Å². The predicted octanol–water partition coefficient (Wildman–Crippen LogP) is 3.56. The van der Waals surface area contributed by atoms with Crippen LogP contribution in [0.2, 0.25) is 10.0 Å². The van der Waals surface area contributed by atoms with Gasteiger partial charge >= 0.3 is 0 Å². The molecule has 0 amide bonds. The molecule has 1 aliphatic carbocycles. The van der Waals surface area contributed by atoms with Gasteiger partial charge in [0, 0.05) is 22.5 Å². The largest absolute Gasteiger partial charge is 0.339 e. The van der Waals surface area contributed by atoms with Crippen molar-refractivity contribution >= 4 is 23.2 Å². The van der Waals surface area contributed by atoms with Crippen LogP contribution in [0.25, 0.3) is 0 Å². The fourth-order valence-electron chi connectivity index (χ4n) is 2.64. The standard InChI is InChI=1S/C14H15Cl2N3O/c15-10-4-2-5-11(16)9(10)7-13-18-14(20-19-13)8-3-1-6-12(8)17/h2,4-5,8,12H,1,3,6-7,17H2. The topological polar surface area (TPSA) is 64.9 Å².